The highest BCUT2D eigenvalue weighted by atomic mass is 19.4. The fourth-order valence-corrected chi connectivity index (χ4v) is 3.38. The third-order valence-corrected chi connectivity index (χ3v) is 4.78. The number of carboxylic acids is 1. The van der Waals surface area contributed by atoms with Crippen LogP contribution in [0.15, 0.2) is 6.20 Å². The van der Waals surface area contributed by atoms with Gasteiger partial charge in [-0.15, -0.1) is 0 Å². The van der Waals surface area contributed by atoms with Crippen molar-refractivity contribution in [2.45, 2.75) is 45.3 Å². The number of hydrogen-bond acceptors (Lipinski definition) is 5. The highest BCUT2D eigenvalue weighted by Crippen LogP contribution is 2.29. The van der Waals surface area contributed by atoms with Crippen molar-refractivity contribution in [1.29, 1.82) is 0 Å². The molecular weight excluding hydrogens is 387 g/mol. The van der Waals surface area contributed by atoms with E-state index in [2.05, 4.69) is 52.4 Å². The van der Waals surface area contributed by atoms with Gasteiger partial charge in [-0.3, -0.25) is 5.10 Å². The molecule has 1 aliphatic heterocycles. The maximum atomic E-state index is 10.6. The van der Waals surface area contributed by atoms with Gasteiger partial charge >= 0.3 is 12.1 Å². The number of aromatic nitrogens is 2. The van der Waals surface area contributed by atoms with Crippen LogP contribution in [-0.2, 0) is 11.3 Å². The molecular formula is C19H34F3N5O2. The molecule has 1 fully saturated rings. The van der Waals surface area contributed by atoms with Crippen LogP contribution in [0.3, 0.4) is 0 Å². The van der Waals surface area contributed by atoms with E-state index in [0.717, 1.165) is 25.6 Å². The molecule has 7 nitrogen and oxygen atoms in total. The zero-order valence-electron chi connectivity index (χ0n) is 17.7. The highest BCUT2D eigenvalue weighted by molar-refractivity contribution is 5.73. The van der Waals surface area contributed by atoms with Gasteiger partial charge in [-0.25, -0.2) is 4.79 Å². The molecule has 168 valence electrons. The molecule has 0 atom stereocenters. The normalized spacial score (nSPS) is 16.2. The Balaban J connectivity index is 0.000000516. The van der Waals surface area contributed by atoms with E-state index in [1.165, 1.54) is 43.7 Å². The Hall–Kier alpha value is -1.65. The number of alkyl halides is 3. The first-order valence-corrected chi connectivity index (χ1v) is 9.92. The maximum absolute atomic E-state index is 10.6. The number of halogens is 3. The minimum Gasteiger partial charge on any atom is -0.475 e. The lowest BCUT2D eigenvalue weighted by atomic mass is 9.91. The molecule has 1 saturated heterocycles. The van der Waals surface area contributed by atoms with E-state index in [1.807, 2.05) is 7.05 Å². The fraction of sp³-hybridized carbons (Fsp3) is 0.789. The van der Waals surface area contributed by atoms with E-state index >= 15 is 0 Å². The summed E-state index contributed by atoms with van der Waals surface area (Å²) in [5, 5.41) is 18.0. The summed E-state index contributed by atoms with van der Waals surface area (Å²) in [5.41, 5.74) is 2.68. The van der Waals surface area contributed by atoms with E-state index in [9.17, 15) is 13.2 Å². The molecule has 0 amide bonds. The second-order valence-corrected chi connectivity index (χ2v) is 7.91. The molecule has 1 aliphatic rings. The number of H-pyrrole nitrogens is 1. The van der Waals surface area contributed by atoms with Crippen molar-refractivity contribution in [3.8, 4) is 0 Å². The van der Waals surface area contributed by atoms with E-state index in [-0.39, 0.29) is 0 Å². The van der Waals surface area contributed by atoms with Crippen LogP contribution >= 0.6 is 0 Å². The molecule has 0 radical (unpaired) electrons. The Morgan fingerprint density at radius 1 is 1.41 bits per heavy atom. The monoisotopic (exact) mass is 421 g/mol. The van der Waals surface area contributed by atoms with Crippen molar-refractivity contribution in [1.82, 2.24) is 25.3 Å². The first kappa shape index (κ1) is 25.4. The zero-order valence-corrected chi connectivity index (χ0v) is 17.7. The Morgan fingerprint density at radius 2 is 2.00 bits per heavy atom. The average Bonchev–Trinajstić information content (AvgIpc) is 3.08. The number of carboxylic acid groups (broad SMARTS) is 1. The smallest absolute Gasteiger partial charge is 0.475 e. The predicted octanol–water partition coefficient (Wildman–Crippen LogP) is 2.53. The number of hydrogen-bond donors (Lipinski definition) is 3. The van der Waals surface area contributed by atoms with Crippen LogP contribution < -0.4 is 5.32 Å². The molecule has 0 aliphatic carbocycles. The SMILES string of the molecule is CNCCN(C)Cc1c[nH]nc1C1CCN(CC(C)C)CC1.O=C(O)C(F)(F)F. The van der Waals surface area contributed by atoms with E-state index in [0.29, 0.717) is 5.92 Å². The number of nitrogens with one attached hydrogen (secondary N) is 2. The van der Waals surface area contributed by atoms with Gasteiger partial charge in [0.1, 0.15) is 0 Å². The Kier molecular flexibility index (Phi) is 10.6. The number of rotatable bonds is 8. The van der Waals surface area contributed by atoms with Gasteiger partial charge in [-0.05, 0) is 45.9 Å². The topological polar surface area (TPSA) is 84.5 Å². The van der Waals surface area contributed by atoms with Gasteiger partial charge in [-0.2, -0.15) is 18.3 Å². The fourth-order valence-electron chi connectivity index (χ4n) is 3.38. The van der Waals surface area contributed by atoms with Crippen molar-refractivity contribution >= 4 is 5.97 Å². The summed E-state index contributed by atoms with van der Waals surface area (Å²) in [6, 6.07) is 0. The molecule has 0 unspecified atom stereocenters. The van der Waals surface area contributed by atoms with E-state index in [1.54, 1.807) is 0 Å². The first-order valence-electron chi connectivity index (χ1n) is 9.92. The standard InChI is InChI=1S/C17H33N5.C2HF3O2/c1-14(2)12-22-8-5-15(6-9-22)17-16(11-19-20-17)13-21(4)10-7-18-3;3-2(4,5)1(6)7/h11,14-15,18H,5-10,12-13H2,1-4H3,(H,19,20);(H,6,7). The Bertz CT molecular complexity index is 599. The van der Waals surface area contributed by atoms with Gasteiger partial charge < -0.3 is 20.2 Å². The van der Waals surface area contributed by atoms with E-state index < -0.39 is 12.1 Å². The molecule has 1 aromatic rings. The summed E-state index contributed by atoms with van der Waals surface area (Å²) >= 11 is 0. The number of carbonyl (C=O) groups is 1. The van der Waals surface area contributed by atoms with Crippen LogP contribution in [0, 0.1) is 5.92 Å². The molecule has 2 heterocycles. The van der Waals surface area contributed by atoms with Gasteiger partial charge in [0.05, 0.1) is 5.69 Å². The van der Waals surface area contributed by atoms with Gasteiger partial charge in [0.25, 0.3) is 0 Å². The highest BCUT2D eigenvalue weighted by Gasteiger charge is 2.38. The number of likely N-dealkylation sites (tertiary alicyclic amines) is 1. The van der Waals surface area contributed by atoms with Crippen LogP contribution in [0.5, 0.6) is 0 Å². The molecule has 1 aromatic heterocycles. The van der Waals surface area contributed by atoms with Crippen LogP contribution in [-0.4, -0.2) is 84.1 Å². The van der Waals surface area contributed by atoms with Gasteiger partial charge in [0, 0.05) is 43.9 Å². The zero-order chi connectivity index (χ0) is 22.0. The number of aromatic amines is 1. The van der Waals surface area contributed by atoms with Crippen molar-refractivity contribution in [3.63, 3.8) is 0 Å². The molecule has 3 N–H and O–H groups in total. The summed E-state index contributed by atoms with van der Waals surface area (Å²) in [7, 11) is 4.18. The maximum Gasteiger partial charge on any atom is 0.490 e. The minimum atomic E-state index is -5.08. The lowest BCUT2D eigenvalue weighted by Crippen LogP contribution is -2.36. The predicted molar refractivity (Wildman–Crippen MR) is 106 cm³/mol. The second-order valence-electron chi connectivity index (χ2n) is 7.91. The summed E-state index contributed by atoms with van der Waals surface area (Å²) in [6.45, 7) is 11.3. The van der Waals surface area contributed by atoms with Crippen molar-refractivity contribution in [2.75, 3.05) is 46.8 Å². The molecule has 29 heavy (non-hydrogen) atoms. The Morgan fingerprint density at radius 3 is 2.48 bits per heavy atom. The molecule has 0 bridgehead atoms. The average molecular weight is 422 g/mol. The second kappa shape index (κ2) is 12.1. The van der Waals surface area contributed by atoms with Crippen LogP contribution in [0.2, 0.25) is 0 Å². The third kappa shape index (κ3) is 9.60. The van der Waals surface area contributed by atoms with Crippen molar-refractivity contribution in [3.05, 3.63) is 17.5 Å². The summed E-state index contributed by atoms with van der Waals surface area (Å²) < 4.78 is 31.7. The van der Waals surface area contributed by atoms with Crippen LogP contribution in [0.1, 0.15) is 43.9 Å². The number of nitrogens with zero attached hydrogens (tertiary/aromatic N) is 3. The number of aliphatic carboxylic acids is 1. The van der Waals surface area contributed by atoms with Gasteiger partial charge in [-0.1, -0.05) is 13.8 Å². The molecule has 0 aromatic carbocycles. The lowest BCUT2D eigenvalue weighted by molar-refractivity contribution is -0.192. The minimum absolute atomic E-state index is 0.627. The summed E-state index contributed by atoms with van der Waals surface area (Å²) in [4.78, 5) is 13.9. The lowest BCUT2D eigenvalue weighted by Gasteiger charge is -2.32. The largest absolute Gasteiger partial charge is 0.490 e. The summed E-state index contributed by atoms with van der Waals surface area (Å²) in [5.74, 6) is -1.37. The van der Waals surface area contributed by atoms with Crippen LogP contribution in [0.4, 0.5) is 13.2 Å². The van der Waals surface area contributed by atoms with Gasteiger partial charge in [0.2, 0.25) is 0 Å². The number of likely N-dealkylation sites (N-methyl/N-ethyl adjacent to an activating group) is 2. The molecule has 2 rings (SSSR count). The van der Waals surface area contributed by atoms with E-state index in [4.69, 9.17) is 9.90 Å². The molecule has 10 heteroatoms. The Labute approximate surface area is 170 Å². The van der Waals surface area contributed by atoms with Crippen LogP contribution in [0.25, 0.3) is 0 Å². The van der Waals surface area contributed by atoms with Gasteiger partial charge in [0.15, 0.2) is 0 Å². The van der Waals surface area contributed by atoms with Crippen molar-refractivity contribution in [2.24, 2.45) is 5.92 Å². The molecule has 0 saturated carbocycles. The number of piperidine rings is 1. The summed E-state index contributed by atoms with van der Waals surface area (Å²) in [6.07, 6.45) is -0.513. The quantitative estimate of drug-likeness (QED) is 0.598. The van der Waals surface area contributed by atoms with Crippen molar-refractivity contribution < 1.29 is 23.1 Å². The molecule has 0 spiro atoms. The first-order chi connectivity index (χ1) is 13.5. The third-order valence-electron chi connectivity index (χ3n) is 4.78.